The number of ether oxygens (including phenoxy) is 1. The number of para-hydroxylation sites is 1. The molecule has 0 spiro atoms. The van der Waals surface area contributed by atoms with Gasteiger partial charge in [-0.05, 0) is 25.0 Å². The summed E-state index contributed by atoms with van der Waals surface area (Å²) in [5.41, 5.74) is 0.894. The molecule has 0 N–H and O–H groups in total. The Morgan fingerprint density at radius 3 is 2.41 bits per heavy atom. The van der Waals surface area contributed by atoms with Crippen LogP contribution in [0.1, 0.15) is 38.0 Å². The van der Waals surface area contributed by atoms with Gasteiger partial charge < -0.3 is 14.2 Å². The summed E-state index contributed by atoms with van der Waals surface area (Å²) in [7, 11) is 0. The van der Waals surface area contributed by atoms with Crippen LogP contribution in [0, 0.1) is 0 Å². The lowest BCUT2D eigenvalue weighted by Crippen LogP contribution is -2.43. The Morgan fingerprint density at radius 1 is 1.00 bits per heavy atom. The summed E-state index contributed by atoms with van der Waals surface area (Å²) in [6.45, 7) is 0.307. The molecule has 0 saturated heterocycles. The largest absolute Gasteiger partial charge is 0.484 e. The smallest absolute Gasteiger partial charge is 0.261 e. The van der Waals surface area contributed by atoms with Crippen molar-refractivity contribution in [2.75, 3.05) is 6.61 Å². The molecule has 0 unspecified atom stereocenters. The van der Waals surface area contributed by atoms with Crippen LogP contribution in [0.2, 0.25) is 0 Å². The molecule has 4 rings (SSSR count). The van der Waals surface area contributed by atoms with Gasteiger partial charge in [-0.1, -0.05) is 73.0 Å². The van der Waals surface area contributed by atoms with Crippen molar-refractivity contribution >= 4 is 5.91 Å². The zero-order valence-corrected chi connectivity index (χ0v) is 16.4. The van der Waals surface area contributed by atoms with Crippen LogP contribution in [-0.4, -0.2) is 33.6 Å². The predicted molar refractivity (Wildman–Crippen MR) is 109 cm³/mol. The van der Waals surface area contributed by atoms with Crippen molar-refractivity contribution in [2.45, 2.75) is 44.7 Å². The summed E-state index contributed by atoms with van der Waals surface area (Å²) in [4.78, 5) is 19.4. The van der Waals surface area contributed by atoms with E-state index in [1.54, 1.807) is 0 Å². The van der Waals surface area contributed by atoms with E-state index in [0.717, 1.165) is 31.2 Å². The zero-order valence-electron chi connectivity index (χ0n) is 16.4. The van der Waals surface area contributed by atoms with Crippen LogP contribution in [0.4, 0.5) is 0 Å². The third-order valence-corrected chi connectivity index (χ3v) is 5.25. The summed E-state index contributed by atoms with van der Waals surface area (Å²) >= 11 is 0. The van der Waals surface area contributed by atoms with Gasteiger partial charge >= 0.3 is 0 Å². The highest BCUT2D eigenvalue weighted by atomic mass is 16.5. The number of carbonyl (C=O) groups excluding carboxylic acids is 1. The molecule has 1 aromatic heterocycles. The number of rotatable bonds is 7. The van der Waals surface area contributed by atoms with Gasteiger partial charge in [0.15, 0.2) is 6.61 Å². The van der Waals surface area contributed by atoms with E-state index in [9.17, 15) is 4.79 Å². The highest BCUT2D eigenvalue weighted by Crippen LogP contribution is 2.25. The number of aromatic nitrogens is 2. The zero-order chi connectivity index (χ0) is 19.9. The molecular weight excluding hydrogens is 366 g/mol. The van der Waals surface area contributed by atoms with Gasteiger partial charge in [0.25, 0.3) is 5.91 Å². The van der Waals surface area contributed by atoms with Crippen LogP contribution >= 0.6 is 0 Å². The Bertz CT molecular complexity index is 905. The third-order valence-electron chi connectivity index (χ3n) is 5.25. The van der Waals surface area contributed by atoms with Gasteiger partial charge in [-0.2, -0.15) is 4.98 Å². The van der Waals surface area contributed by atoms with Crippen molar-refractivity contribution in [3.05, 3.63) is 66.6 Å². The molecule has 0 radical (unpaired) electrons. The quantitative estimate of drug-likeness (QED) is 0.594. The van der Waals surface area contributed by atoms with Gasteiger partial charge in [0.2, 0.25) is 11.7 Å². The van der Waals surface area contributed by atoms with Crippen molar-refractivity contribution in [1.82, 2.24) is 15.0 Å². The van der Waals surface area contributed by atoms with Gasteiger partial charge in [0.1, 0.15) is 12.3 Å². The average molecular weight is 391 g/mol. The lowest BCUT2D eigenvalue weighted by atomic mass is 9.94. The highest BCUT2D eigenvalue weighted by Gasteiger charge is 2.27. The number of hydrogen-bond acceptors (Lipinski definition) is 5. The number of benzene rings is 2. The molecule has 2 aromatic carbocycles. The third kappa shape index (κ3) is 5.02. The van der Waals surface area contributed by atoms with Crippen LogP contribution < -0.4 is 4.74 Å². The van der Waals surface area contributed by atoms with Crippen LogP contribution in [0.5, 0.6) is 5.75 Å². The molecule has 6 nitrogen and oxygen atoms in total. The second-order valence-corrected chi connectivity index (χ2v) is 7.29. The van der Waals surface area contributed by atoms with E-state index in [0.29, 0.717) is 24.0 Å². The molecular formula is C23H25N3O3. The maximum Gasteiger partial charge on any atom is 0.261 e. The molecule has 3 aromatic rings. The van der Waals surface area contributed by atoms with Gasteiger partial charge in [-0.15, -0.1) is 0 Å². The summed E-state index contributed by atoms with van der Waals surface area (Å²) in [5, 5.41) is 4.08. The Labute approximate surface area is 170 Å². The minimum absolute atomic E-state index is 0.000191. The molecule has 1 heterocycles. The van der Waals surface area contributed by atoms with Crippen LogP contribution in [0.3, 0.4) is 0 Å². The standard InChI is InChI=1S/C23H25N3O3/c27-22(17-28-20-14-8-3-9-15-20)26(19-12-6-2-7-13-19)16-21-24-23(25-29-21)18-10-4-1-5-11-18/h1,3-5,8-11,14-15,19H,2,6-7,12-13,16-17H2. The predicted octanol–water partition coefficient (Wildman–Crippen LogP) is 4.48. The van der Waals surface area contributed by atoms with Gasteiger partial charge in [-0.3, -0.25) is 4.79 Å². The topological polar surface area (TPSA) is 68.5 Å². The van der Waals surface area contributed by atoms with E-state index in [1.165, 1.54) is 6.42 Å². The fourth-order valence-corrected chi connectivity index (χ4v) is 3.73. The molecule has 6 heteroatoms. The molecule has 1 fully saturated rings. The van der Waals surface area contributed by atoms with E-state index in [4.69, 9.17) is 9.26 Å². The lowest BCUT2D eigenvalue weighted by molar-refractivity contribution is -0.137. The Morgan fingerprint density at radius 2 is 1.69 bits per heavy atom. The SMILES string of the molecule is O=C(COc1ccccc1)N(Cc1nc(-c2ccccc2)no1)C1CCCCC1. The Hall–Kier alpha value is -3.15. The normalized spacial score (nSPS) is 14.5. The molecule has 1 aliphatic carbocycles. The summed E-state index contributed by atoms with van der Waals surface area (Å²) in [6.07, 6.45) is 5.48. The average Bonchev–Trinajstić information content (AvgIpc) is 3.26. The van der Waals surface area contributed by atoms with Crippen molar-refractivity contribution in [1.29, 1.82) is 0 Å². The molecule has 29 heavy (non-hydrogen) atoms. The number of hydrogen-bond donors (Lipinski definition) is 0. The summed E-state index contributed by atoms with van der Waals surface area (Å²) in [6, 6.07) is 19.3. The van der Waals surface area contributed by atoms with Gasteiger partial charge in [0.05, 0.1) is 0 Å². The number of nitrogens with zero attached hydrogens (tertiary/aromatic N) is 3. The monoisotopic (exact) mass is 391 g/mol. The fraction of sp³-hybridized carbons (Fsp3) is 0.348. The van der Waals surface area contributed by atoms with E-state index >= 15 is 0 Å². The van der Waals surface area contributed by atoms with E-state index in [2.05, 4.69) is 10.1 Å². The molecule has 1 amide bonds. The molecule has 150 valence electrons. The van der Waals surface area contributed by atoms with Crippen LogP contribution in [-0.2, 0) is 11.3 Å². The molecule has 1 saturated carbocycles. The maximum atomic E-state index is 13.0. The lowest BCUT2D eigenvalue weighted by Gasteiger charge is -2.33. The Balaban J connectivity index is 1.47. The first-order valence-electron chi connectivity index (χ1n) is 10.1. The second kappa shape index (κ2) is 9.37. The van der Waals surface area contributed by atoms with Crippen LogP contribution in [0.15, 0.2) is 65.2 Å². The minimum Gasteiger partial charge on any atom is -0.484 e. The summed E-state index contributed by atoms with van der Waals surface area (Å²) < 4.78 is 11.2. The fourth-order valence-electron chi connectivity index (χ4n) is 3.73. The molecule has 0 atom stereocenters. The number of amides is 1. The second-order valence-electron chi connectivity index (χ2n) is 7.29. The minimum atomic E-state index is -0.0554. The Kier molecular flexibility index (Phi) is 6.19. The van der Waals surface area contributed by atoms with E-state index < -0.39 is 0 Å². The van der Waals surface area contributed by atoms with Gasteiger partial charge in [-0.25, -0.2) is 0 Å². The van der Waals surface area contributed by atoms with E-state index in [-0.39, 0.29) is 18.6 Å². The van der Waals surface area contributed by atoms with Crippen molar-refractivity contribution in [3.63, 3.8) is 0 Å². The van der Waals surface area contributed by atoms with Crippen molar-refractivity contribution in [2.24, 2.45) is 0 Å². The van der Waals surface area contributed by atoms with E-state index in [1.807, 2.05) is 65.6 Å². The number of carbonyl (C=O) groups is 1. The molecule has 0 bridgehead atoms. The van der Waals surface area contributed by atoms with Crippen molar-refractivity contribution in [3.8, 4) is 17.1 Å². The molecule has 0 aliphatic heterocycles. The first-order valence-corrected chi connectivity index (χ1v) is 10.1. The molecule has 1 aliphatic rings. The van der Waals surface area contributed by atoms with Gasteiger partial charge in [0, 0.05) is 11.6 Å². The van der Waals surface area contributed by atoms with Crippen molar-refractivity contribution < 1.29 is 14.1 Å². The highest BCUT2D eigenvalue weighted by molar-refractivity contribution is 5.78. The first-order chi connectivity index (χ1) is 14.3. The first kappa shape index (κ1) is 19.2. The van der Waals surface area contributed by atoms with Crippen LogP contribution in [0.25, 0.3) is 11.4 Å². The maximum absolute atomic E-state index is 13.0. The summed E-state index contributed by atoms with van der Waals surface area (Å²) in [5.74, 6) is 1.62.